The molecule has 0 aliphatic rings. The van der Waals surface area contributed by atoms with Crippen molar-refractivity contribution in [2.75, 3.05) is 0 Å². The fourth-order valence-electron chi connectivity index (χ4n) is 1.63. The lowest BCUT2D eigenvalue weighted by Gasteiger charge is -2.19. The van der Waals surface area contributed by atoms with Crippen LogP contribution in [0.3, 0.4) is 0 Å². The molecule has 0 unspecified atom stereocenters. The zero-order valence-corrected chi connectivity index (χ0v) is 11.7. The third-order valence-electron chi connectivity index (χ3n) is 2.72. The maximum absolute atomic E-state index is 13.6. The Labute approximate surface area is 116 Å². The van der Waals surface area contributed by atoms with E-state index in [2.05, 4.69) is 20.8 Å². The van der Waals surface area contributed by atoms with Crippen LogP contribution in [-0.2, 0) is 13.1 Å². The Kier molecular flexibility index (Phi) is 4.08. The number of tetrazole rings is 1. The van der Waals surface area contributed by atoms with E-state index >= 15 is 0 Å². The fraction of sp³-hybridized carbons (Fsp3) is 0.462. The van der Waals surface area contributed by atoms with Gasteiger partial charge in [0.1, 0.15) is 11.6 Å². The summed E-state index contributed by atoms with van der Waals surface area (Å²) in [6.45, 7) is 6.72. The van der Waals surface area contributed by atoms with E-state index in [0.717, 1.165) is 6.07 Å². The summed E-state index contributed by atoms with van der Waals surface area (Å²) in [5.74, 6) is -0.600. The second-order valence-corrected chi connectivity index (χ2v) is 5.59. The molecular formula is C13H17F2N5. The fourth-order valence-corrected chi connectivity index (χ4v) is 1.63. The zero-order valence-electron chi connectivity index (χ0n) is 11.7. The monoisotopic (exact) mass is 281 g/mol. The van der Waals surface area contributed by atoms with Gasteiger partial charge in [-0.25, -0.2) is 13.5 Å². The molecular weight excluding hydrogens is 264 g/mol. The van der Waals surface area contributed by atoms with Gasteiger partial charge >= 0.3 is 0 Å². The van der Waals surface area contributed by atoms with Crippen LogP contribution >= 0.6 is 0 Å². The Balaban J connectivity index is 2.12. The Hall–Kier alpha value is -1.89. The van der Waals surface area contributed by atoms with E-state index in [9.17, 15) is 8.78 Å². The molecule has 0 saturated heterocycles. The van der Waals surface area contributed by atoms with Gasteiger partial charge in [-0.2, -0.15) is 0 Å². The molecule has 1 N–H and O–H groups in total. The molecule has 0 bridgehead atoms. The van der Waals surface area contributed by atoms with Gasteiger partial charge < -0.3 is 5.32 Å². The Morgan fingerprint density at radius 2 is 2.00 bits per heavy atom. The average molecular weight is 281 g/mol. The summed E-state index contributed by atoms with van der Waals surface area (Å²) >= 11 is 0. The molecule has 0 spiro atoms. The maximum atomic E-state index is 13.6. The van der Waals surface area contributed by atoms with E-state index in [0.29, 0.717) is 17.9 Å². The first-order valence-electron chi connectivity index (χ1n) is 6.29. The highest BCUT2D eigenvalue weighted by atomic mass is 19.1. The second-order valence-electron chi connectivity index (χ2n) is 5.59. The SMILES string of the molecule is CC(C)(C)NCc1nnnn1Cc1ccc(F)cc1F. The van der Waals surface area contributed by atoms with E-state index in [1.54, 1.807) is 0 Å². The first kappa shape index (κ1) is 14.5. The summed E-state index contributed by atoms with van der Waals surface area (Å²) in [6.07, 6.45) is 0. The van der Waals surface area contributed by atoms with Gasteiger partial charge in [-0.15, -0.1) is 5.10 Å². The molecule has 20 heavy (non-hydrogen) atoms. The second kappa shape index (κ2) is 5.62. The Morgan fingerprint density at radius 3 is 2.65 bits per heavy atom. The van der Waals surface area contributed by atoms with E-state index in [1.165, 1.54) is 16.8 Å². The van der Waals surface area contributed by atoms with Crippen molar-refractivity contribution in [3.05, 3.63) is 41.2 Å². The van der Waals surface area contributed by atoms with Crippen molar-refractivity contribution in [2.45, 2.75) is 39.4 Å². The molecule has 1 aromatic carbocycles. The minimum absolute atomic E-state index is 0.0715. The lowest BCUT2D eigenvalue weighted by molar-refractivity contribution is 0.409. The predicted octanol–water partition coefficient (Wildman–Crippen LogP) is 1.89. The molecule has 0 amide bonds. The highest BCUT2D eigenvalue weighted by Crippen LogP contribution is 2.11. The van der Waals surface area contributed by atoms with Crippen LogP contribution in [0.15, 0.2) is 18.2 Å². The minimum Gasteiger partial charge on any atom is -0.305 e. The number of benzene rings is 1. The molecule has 0 aliphatic carbocycles. The van der Waals surface area contributed by atoms with Gasteiger partial charge in [-0.3, -0.25) is 0 Å². The largest absolute Gasteiger partial charge is 0.305 e. The van der Waals surface area contributed by atoms with Crippen molar-refractivity contribution in [1.82, 2.24) is 25.5 Å². The van der Waals surface area contributed by atoms with E-state index in [1.807, 2.05) is 20.8 Å². The summed E-state index contributed by atoms with van der Waals surface area (Å²) in [5.41, 5.74) is 0.272. The van der Waals surface area contributed by atoms with Crippen LogP contribution in [0.4, 0.5) is 8.78 Å². The average Bonchev–Trinajstić information content (AvgIpc) is 2.77. The smallest absolute Gasteiger partial charge is 0.165 e. The number of halogens is 2. The predicted molar refractivity (Wildman–Crippen MR) is 69.9 cm³/mol. The molecule has 0 aliphatic heterocycles. The number of nitrogens with one attached hydrogen (secondary N) is 1. The first-order chi connectivity index (χ1) is 9.35. The van der Waals surface area contributed by atoms with E-state index < -0.39 is 11.6 Å². The van der Waals surface area contributed by atoms with Gasteiger partial charge in [0, 0.05) is 17.2 Å². The number of hydrogen-bond acceptors (Lipinski definition) is 4. The first-order valence-corrected chi connectivity index (χ1v) is 6.29. The molecule has 108 valence electrons. The van der Waals surface area contributed by atoms with Crippen molar-refractivity contribution in [2.24, 2.45) is 0 Å². The Morgan fingerprint density at radius 1 is 1.25 bits per heavy atom. The molecule has 2 rings (SSSR count). The molecule has 0 fully saturated rings. The molecule has 1 heterocycles. The van der Waals surface area contributed by atoms with Gasteiger partial charge in [0.15, 0.2) is 5.82 Å². The van der Waals surface area contributed by atoms with Crippen molar-refractivity contribution in [1.29, 1.82) is 0 Å². The van der Waals surface area contributed by atoms with Gasteiger partial charge in [-0.05, 0) is 37.3 Å². The van der Waals surface area contributed by atoms with Crippen LogP contribution in [-0.4, -0.2) is 25.7 Å². The van der Waals surface area contributed by atoms with Crippen LogP contribution in [0.2, 0.25) is 0 Å². The van der Waals surface area contributed by atoms with Gasteiger partial charge in [0.05, 0.1) is 13.1 Å². The molecule has 0 radical (unpaired) electrons. The maximum Gasteiger partial charge on any atom is 0.165 e. The summed E-state index contributed by atoms with van der Waals surface area (Å²) in [6, 6.07) is 3.47. The lowest BCUT2D eigenvalue weighted by atomic mass is 10.1. The number of rotatable bonds is 4. The summed E-state index contributed by atoms with van der Waals surface area (Å²) < 4.78 is 28.0. The molecule has 1 aromatic heterocycles. The number of hydrogen-bond donors (Lipinski definition) is 1. The lowest BCUT2D eigenvalue weighted by Crippen LogP contribution is -2.36. The number of aromatic nitrogens is 4. The molecule has 7 heteroatoms. The summed E-state index contributed by atoms with van der Waals surface area (Å²) in [7, 11) is 0. The van der Waals surface area contributed by atoms with Gasteiger partial charge in [-0.1, -0.05) is 6.07 Å². The van der Waals surface area contributed by atoms with Crippen LogP contribution in [0.5, 0.6) is 0 Å². The normalized spacial score (nSPS) is 11.8. The van der Waals surface area contributed by atoms with Crippen molar-refractivity contribution >= 4 is 0 Å². The minimum atomic E-state index is -0.602. The molecule has 2 aromatic rings. The topological polar surface area (TPSA) is 55.6 Å². The third-order valence-corrected chi connectivity index (χ3v) is 2.72. The van der Waals surface area contributed by atoms with Crippen molar-refractivity contribution < 1.29 is 8.78 Å². The van der Waals surface area contributed by atoms with Gasteiger partial charge in [0.25, 0.3) is 0 Å². The molecule has 0 saturated carbocycles. The number of nitrogens with zero attached hydrogens (tertiary/aromatic N) is 4. The summed E-state index contributed by atoms with van der Waals surface area (Å²) in [4.78, 5) is 0. The van der Waals surface area contributed by atoms with Crippen molar-refractivity contribution in [3.8, 4) is 0 Å². The quantitative estimate of drug-likeness (QED) is 0.930. The Bertz CT molecular complexity index is 589. The van der Waals surface area contributed by atoms with Crippen LogP contribution < -0.4 is 5.32 Å². The standard InChI is InChI=1S/C13H17F2N5/c1-13(2,3)16-7-12-17-18-19-20(12)8-9-4-5-10(14)6-11(9)15/h4-6,16H,7-8H2,1-3H3. The van der Waals surface area contributed by atoms with Crippen LogP contribution in [0.25, 0.3) is 0 Å². The third kappa shape index (κ3) is 3.80. The molecule has 0 atom stereocenters. The van der Waals surface area contributed by atoms with E-state index in [4.69, 9.17) is 0 Å². The van der Waals surface area contributed by atoms with Crippen LogP contribution in [0, 0.1) is 11.6 Å². The van der Waals surface area contributed by atoms with Crippen LogP contribution in [0.1, 0.15) is 32.2 Å². The van der Waals surface area contributed by atoms with Crippen molar-refractivity contribution in [3.63, 3.8) is 0 Å². The summed E-state index contributed by atoms with van der Waals surface area (Å²) in [5, 5.41) is 14.6. The zero-order chi connectivity index (χ0) is 14.8. The highest BCUT2D eigenvalue weighted by molar-refractivity contribution is 5.18. The van der Waals surface area contributed by atoms with E-state index in [-0.39, 0.29) is 12.1 Å². The highest BCUT2D eigenvalue weighted by Gasteiger charge is 2.14. The van der Waals surface area contributed by atoms with Gasteiger partial charge in [0.2, 0.25) is 0 Å². The molecule has 5 nitrogen and oxygen atoms in total.